The summed E-state index contributed by atoms with van der Waals surface area (Å²) in [6.45, 7) is 1.90. The maximum Gasteiger partial charge on any atom is 0.214 e. The van der Waals surface area contributed by atoms with Crippen molar-refractivity contribution >= 4 is 13.8 Å². The van der Waals surface area contributed by atoms with Gasteiger partial charge >= 0.3 is 0 Å². The molecule has 3 nitrogen and oxygen atoms in total. The molecular formula is C4H10NO2P. The van der Waals surface area contributed by atoms with Crippen molar-refractivity contribution in [1.82, 2.24) is 0 Å². The second-order valence-electron chi connectivity index (χ2n) is 1.49. The zero-order chi connectivity index (χ0) is 6.57. The normalized spacial score (nSPS) is 10.0. The highest BCUT2D eigenvalue weighted by atomic mass is 31.2. The maximum absolute atomic E-state index is 8.35. The molecule has 0 aromatic heterocycles. The van der Waals surface area contributed by atoms with Crippen LogP contribution in [0.2, 0.25) is 0 Å². The first-order valence-corrected chi connectivity index (χ1v) is 3.68. The first kappa shape index (κ1) is 8.02. The molecule has 0 spiro atoms. The van der Waals surface area contributed by atoms with Gasteiger partial charge in [-0.25, -0.2) is 0 Å². The lowest BCUT2D eigenvalue weighted by atomic mass is 10.4. The highest BCUT2D eigenvalue weighted by Crippen LogP contribution is 2.26. The first-order chi connectivity index (χ1) is 3.68. The molecule has 0 aromatic rings. The van der Waals surface area contributed by atoms with Crippen LogP contribution in [0.4, 0.5) is 0 Å². The van der Waals surface area contributed by atoms with E-state index in [1.807, 2.05) is 6.92 Å². The Hall–Kier alpha value is 0.0200. The molecule has 0 aliphatic carbocycles. The Morgan fingerprint density at radius 3 is 2.25 bits per heavy atom. The van der Waals surface area contributed by atoms with Crippen LogP contribution >= 0.6 is 8.38 Å². The molecule has 48 valence electrons. The van der Waals surface area contributed by atoms with Crippen molar-refractivity contribution in [3.05, 3.63) is 0 Å². The molecule has 3 N–H and O–H groups in total. The van der Waals surface area contributed by atoms with Crippen molar-refractivity contribution in [2.24, 2.45) is 0 Å². The zero-order valence-electron chi connectivity index (χ0n) is 4.76. The van der Waals surface area contributed by atoms with E-state index in [0.717, 1.165) is 6.42 Å². The summed E-state index contributed by atoms with van der Waals surface area (Å²) in [4.78, 5) is 16.7. The summed E-state index contributed by atoms with van der Waals surface area (Å²) in [5.41, 5.74) is 0.0579. The second-order valence-corrected chi connectivity index (χ2v) is 2.60. The second kappa shape index (κ2) is 3.96. The molecule has 0 aromatic carbocycles. The van der Waals surface area contributed by atoms with Gasteiger partial charge in [0.25, 0.3) is 0 Å². The lowest BCUT2D eigenvalue weighted by molar-refractivity contribution is 0.498. The SMILES string of the molecule is CCCC(=N)P(O)O. The lowest BCUT2D eigenvalue weighted by Crippen LogP contribution is -1.90. The van der Waals surface area contributed by atoms with Gasteiger partial charge in [-0.15, -0.1) is 0 Å². The van der Waals surface area contributed by atoms with Crippen LogP contribution in [0.3, 0.4) is 0 Å². The van der Waals surface area contributed by atoms with Crippen LogP contribution in [-0.2, 0) is 0 Å². The van der Waals surface area contributed by atoms with E-state index < -0.39 is 8.38 Å². The van der Waals surface area contributed by atoms with Gasteiger partial charge in [0.2, 0.25) is 8.38 Å². The van der Waals surface area contributed by atoms with Gasteiger partial charge in [-0.3, -0.25) is 0 Å². The summed E-state index contributed by atoms with van der Waals surface area (Å²) in [6.07, 6.45) is 1.30. The lowest BCUT2D eigenvalue weighted by Gasteiger charge is -1.99. The van der Waals surface area contributed by atoms with E-state index in [-0.39, 0.29) is 5.45 Å². The summed E-state index contributed by atoms with van der Waals surface area (Å²) < 4.78 is 0. The molecule has 0 saturated carbocycles. The van der Waals surface area contributed by atoms with Gasteiger partial charge in [-0.1, -0.05) is 13.3 Å². The minimum Gasteiger partial charge on any atom is -0.346 e. The van der Waals surface area contributed by atoms with Crippen molar-refractivity contribution in [3.8, 4) is 0 Å². The third-order valence-electron chi connectivity index (χ3n) is 0.728. The fourth-order valence-electron chi connectivity index (χ4n) is 0.337. The minimum atomic E-state index is -2.08. The topological polar surface area (TPSA) is 64.3 Å². The predicted octanol–water partition coefficient (Wildman–Crippen LogP) is 1.06. The average molecular weight is 135 g/mol. The zero-order valence-corrected chi connectivity index (χ0v) is 5.65. The van der Waals surface area contributed by atoms with Crippen molar-refractivity contribution < 1.29 is 9.79 Å². The third-order valence-corrected chi connectivity index (χ3v) is 1.43. The van der Waals surface area contributed by atoms with Gasteiger partial charge in [0.1, 0.15) is 0 Å². The Labute approximate surface area is 49.8 Å². The Balaban J connectivity index is 3.33. The van der Waals surface area contributed by atoms with E-state index >= 15 is 0 Å². The maximum atomic E-state index is 8.35. The predicted molar refractivity (Wildman–Crippen MR) is 34.0 cm³/mol. The van der Waals surface area contributed by atoms with Gasteiger partial charge in [-0.05, 0) is 6.42 Å². The largest absolute Gasteiger partial charge is 0.346 e. The van der Waals surface area contributed by atoms with Crippen LogP contribution in [0.15, 0.2) is 0 Å². The smallest absolute Gasteiger partial charge is 0.214 e. The van der Waals surface area contributed by atoms with E-state index in [0.29, 0.717) is 6.42 Å². The molecular weight excluding hydrogens is 125 g/mol. The van der Waals surface area contributed by atoms with Gasteiger partial charge in [-0.2, -0.15) is 0 Å². The van der Waals surface area contributed by atoms with Crippen LogP contribution in [0, 0.1) is 5.41 Å². The molecule has 0 unspecified atom stereocenters. The van der Waals surface area contributed by atoms with Crippen molar-refractivity contribution in [2.45, 2.75) is 19.8 Å². The summed E-state index contributed by atoms with van der Waals surface area (Å²) in [6, 6.07) is 0. The van der Waals surface area contributed by atoms with Gasteiger partial charge in [0, 0.05) is 0 Å². The molecule has 0 aliphatic heterocycles. The monoisotopic (exact) mass is 135 g/mol. The van der Waals surface area contributed by atoms with E-state index in [4.69, 9.17) is 15.2 Å². The molecule has 0 aliphatic rings. The van der Waals surface area contributed by atoms with E-state index in [9.17, 15) is 0 Å². The molecule has 4 heteroatoms. The Morgan fingerprint density at radius 1 is 1.62 bits per heavy atom. The Kier molecular flexibility index (Phi) is 3.97. The molecule has 0 rings (SSSR count). The average Bonchev–Trinajstić information content (AvgIpc) is 1.67. The quantitative estimate of drug-likeness (QED) is 0.400. The fraction of sp³-hybridized carbons (Fsp3) is 0.750. The van der Waals surface area contributed by atoms with Gasteiger partial charge in [0.05, 0.1) is 5.45 Å². The van der Waals surface area contributed by atoms with Crippen molar-refractivity contribution in [1.29, 1.82) is 5.41 Å². The van der Waals surface area contributed by atoms with Gasteiger partial charge < -0.3 is 15.2 Å². The summed E-state index contributed by atoms with van der Waals surface area (Å²) in [7, 11) is -2.08. The standard InChI is InChI=1S/C4H10NO2P/c1-2-3-4(5)8(6)7/h5-7H,2-3H2,1H3. The number of nitrogens with one attached hydrogen (secondary N) is 1. The molecule has 0 fully saturated rings. The number of rotatable bonds is 3. The highest BCUT2D eigenvalue weighted by Gasteiger charge is 2.03. The minimum absolute atomic E-state index is 0.0579. The molecule has 0 radical (unpaired) electrons. The molecule has 0 bridgehead atoms. The Morgan fingerprint density at radius 2 is 2.12 bits per heavy atom. The van der Waals surface area contributed by atoms with Crippen LogP contribution in [0.1, 0.15) is 19.8 Å². The number of hydrogen-bond donors (Lipinski definition) is 3. The molecule has 0 saturated heterocycles. The number of hydrogen-bond acceptors (Lipinski definition) is 3. The third kappa shape index (κ3) is 3.08. The van der Waals surface area contributed by atoms with E-state index in [2.05, 4.69) is 0 Å². The highest BCUT2D eigenvalue weighted by molar-refractivity contribution is 7.64. The Bertz CT molecular complexity index is 84.1. The van der Waals surface area contributed by atoms with E-state index in [1.165, 1.54) is 0 Å². The van der Waals surface area contributed by atoms with Crippen LogP contribution in [0.5, 0.6) is 0 Å². The van der Waals surface area contributed by atoms with E-state index in [1.54, 1.807) is 0 Å². The van der Waals surface area contributed by atoms with Crippen LogP contribution in [0.25, 0.3) is 0 Å². The molecule has 0 amide bonds. The first-order valence-electron chi connectivity index (χ1n) is 2.43. The summed E-state index contributed by atoms with van der Waals surface area (Å²) in [5.74, 6) is 0. The summed E-state index contributed by atoms with van der Waals surface area (Å²) >= 11 is 0. The van der Waals surface area contributed by atoms with Crippen molar-refractivity contribution in [2.75, 3.05) is 0 Å². The summed E-state index contributed by atoms with van der Waals surface area (Å²) in [5, 5.41) is 6.87. The molecule has 0 atom stereocenters. The molecule has 0 heterocycles. The van der Waals surface area contributed by atoms with Crippen LogP contribution in [-0.4, -0.2) is 15.2 Å². The van der Waals surface area contributed by atoms with Crippen molar-refractivity contribution in [3.63, 3.8) is 0 Å². The van der Waals surface area contributed by atoms with Crippen LogP contribution < -0.4 is 0 Å². The van der Waals surface area contributed by atoms with Gasteiger partial charge in [0.15, 0.2) is 0 Å². The molecule has 8 heavy (non-hydrogen) atoms. The fourth-order valence-corrected chi connectivity index (χ4v) is 0.760.